The molecule has 0 radical (unpaired) electrons. The van der Waals surface area contributed by atoms with E-state index < -0.39 is 6.10 Å². The Bertz CT molecular complexity index is 907. The van der Waals surface area contributed by atoms with Crippen LogP contribution in [0.4, 0.5) is 0 Å². The quantitative estimate of drug-likeness (QED) is 0.403. The zero-order valence-electron chi connectivity index (χ0n) is 22.4. The predicted molar refractivity (Wildman–Crippen MR) is 134 cm³/mol. The van der Waals surface area contributed by atoms with Gasteiger partial charge in [0.15, 0.2) is 0 Å². The summed E-state index contributed by atoms with van der Waals surface area (Å²) in [5.41, 5.74) is 2.18. The average molecular weight is 471 g/mol. The third-order valence-electron chi connectivity index (χ3n) is 10.9. The second-order valence-electron chi connectivity index (χ2n) is 13.7. The molecule has 0 aromatic heterocycles. The van der Waals surface area contributed by atoms with Gasteiger partial charge in [-0.2, -0.15) is 0 Å². The van der Waals surface area contributed by atoms with Crippen LogP contribution in [0.1, 0.15) is 93.4 Å². The Balaban J connectivity index is 1.44. The van der Waals surface area contributed by atoms with Crippen LogP contribution < -0.4 is 0 Å². The lowest BCUT2D eigenvalue weighted by atomic mass is 9.42. The van der Waals surface area contributed by atoms with Gasteiger partial charge in [0.05, 0.1) is 24.9 Å². The predicted octanol–water partition coefficient (Wildman–Crippen LogP) is 6.02. The van der Waals surface area contributed by atoms with Crippen molar-refractivity contribution in [1.82, 2.24) is 0 Å². The molecule has 1 spiro atoms. The maximum absolute atomic E-state index is 12.9. The van der Waals surface area contributed by atoms with Gasteiger partial charge in [-0.1, -0.05) is 51.0 Å². The highest BCUT2D eigenvalue weighted by atomic mass is 16.6. The van der Waals surface area contributed by atoms with Gasteiger partial charge in [-0.15, -0.1) is 0 Å². The Morgan fingerprint density at radius 2 is 1.79 bits per heavy atom. The molecule has 34 heavy (non-hydrogen) atoms. The molecule has 5 fully saturated rings. The topological polar surface area (TPSA) is 59.1 Å². The van der Waals surface area contributed by atoms with Gasteiger partial charge in [0.1, 0.15) is 11.4 Å². The molecule has 1 N–H and O–H groups in total. The summed E-state index contributed by atoms with van der Waals surface area (Å²) in [5, 5.41) is 11.9. The van der Waals surface area contributed by atoms with Crippen LogP contribution in [0.15, 0.2) is 23.3 Å². The molecule has 0 aromatic carbocycles. The fraction of sp³-hybridized carbons (Fsp3) is 0.833. The van der Waals surface area contributed by atoms with E-state index in [0.717, 1.165) is 45.1 Å². The number of ketones is 1. The molecule has 5 aliphatic rings. The lowest BCUT2D eigenvalue weighted by Crippen LogP contribution is -2.59. The molecule has 4 nitrogen and oxygen atoms in total. The van der Waals surface area contributed by atoms with Crippen LogP contribution in [0.5, 0.6) is 0 Å². The largest absolute Gasteiger partial charge is 0.390 e. The minimum Gasteiger partial charge on any atom is -0.390 e. The van der Waals surface area contributed by atoms with E-state index in [2.05, 4.69) is 60.6 Å². The molecule has 0 unspecified atom stereocenters. The van der Waals surface area contributed by atoms with Crippen molar-refractivity contribution in [3.05, 3.63) is 23.3 Å². The number of aliphatic hydroxyl groups is 1. The van der Waals surface area contributed by atoms with Gasteiger partial charge >= 0.3 is 0 Å². The first-order valence-corrected chi connectivity index (χ1v) is 13.7. The van der Waals surface area contributed by atoms with Crippen molar-refractivity contribution in [2.75, 3.05) is 6.61 Å². The number of allylic oxidation sites excluding steroid dienone is 3. The summed E-state index contributed by atoms with van der Waals surface area (Å²) in [6, 6.07) is 0. The number of hydrogen-bond acceptors (Lipinski definition) is 4. The van der Waals surface area contributed by atoms with Gasteiger partial charge in [-0.25, -0.2) is 0 Å². The number of ether oxygens (including phenoxy) is 2. The Kier molecular flexibility index (Phi) is 5.83. The van der Waals surface area contributed by atoms with Gasteiger partial charge < -0.3 is 14.6 Å². The maximum Gasteiger partial charge on any atom is 0.138 e. The van der Waals surface area contributed by atoms with E-state index in [0.29, 0.717) is 18.1 Å². The maximum atomic E-state index is 12.9. The summed E-state index contributed by atoms with van der Waals surface area (Å²) < 4.78 is 13.0. The Labute approximate surface area is 206 Å². The molecule has 2 saturated heterocycles. The van der Waals surface area contributed by atoms with Crippen LogP contribution in [0.25, 0.3) is 0 Å². The summed E-state index contributed by atoms with van der Waals surface area (Å²) in [5.74, 6) is 1.09. The van der Waals surface area contributed by atoms with Gasteiger partial charge in [-0.3, -0.25) is 4.79 Å². The number of aliphatic hydroxyl groups excluding tert-OH is 1. The highest BCUT2D eigenvalue weighted by Crippen LogP contribution is 2.73. The zero-order chi connectivity index (χ0) is 24.7. The van der Waals surface area contributed by atoms with E-state index in [1.54, 1.807) is 0 Å². The average Bonchev–Trinajstić information content (AvgIpc) is 3.43. The number of rotatable bonds is 4. The van der Waals surface area contributed by atoms with E-state index in [4.69, 9.17) is 9.47 Å². The summed E-state index contributed by atoms with van der Waals surface area (Å²) in [6.45, 7) is 16.4. The molecule has 0 amide bonds. The first kappa shape index (κ1) is 24.7. The van der Waals surface area contributed by atoms with Gasteiger partial charge in [-0.05, 0) is 75.5 Å². The van der Waals surface area contributed by atoms with Gasteiger partial charge in [0.2, 0.25) is 0 Å². The number of hydrogen-bond donors (Lipinski definition) is 1. The highest BCUT2D eigenvalue weighted by molar-refractivity contribution is 5.85. The number of Topliss-reactive ketones (excluding diaryl/α,β-unsaturated/α-hetero) is 1. The van der Waals surface area contributed by atoms with Crippen LogP contribution in [0.3, 0.4) is 0 Å². The summed E-state index contributed by atoms with van der Waals surface area (Å²) in [7, 11) is 0. The van der Waals surface area contributed by atoms with Crippen LogP contribution in [0, 0.1) is 34.0 Å². The third kappa shape index (κ3) is 3.53. The molecule has 3 saturated carbocycles. The molecule has 4 heteroatoms. The van der Waals surface area contributed by atoms with Crippen molar-refractivity contribution in [3.63, 3.8) is 0 Å². The minimum atomic E-state index is -0.505. The molecule has 2 aliphatic heterocycles. The molecule has 0 bridgehead atoms. The van der Waals surface area contributed by atoms with Crippen molar-refractivity contribution in [2.24, 2.45) is 34.0 Å². The van der Waals surface area contributed by atoms with Crippen molar-refractivity contribution >= 4 is 5.78 Å². The van der Waals surface area contributed by atoms with Crippen molar-refractivity contribution < 1.29 is 19.4 Å². The van der Waals surface area contributed by atoms with E-state index >= 15 is 0 Å². The van der Waals surface area contributed by atoms with Crippen LogP contribution in [0.2, 0.25) is 0 Å². The molecule has 9 atom stereocenters. The van der Waals surface area contributed by atoms with Crippen molar-refractivity contribution in [3.8, 4) is 0 Å². The highest BCUT2D eigenvalue weighted by Gasteiger charge is 2.76. The van der Waals surface area contributed by atoms with E-state index in [1.807, 2.05) is 0 Å². The fourth-order valence-electron chi connectivity index (χ4n) is 9.47. The smallest absolute Gasteiger partial charge is 0.138 e. The zero-order valence-corrected chi connectivity index (χ0v) is 22.4. The molecule has 0 aromatic rings. The lowest BCUT2D eigenvalue weighted by molar-refractivity contribution is -0.169. The lowest BCUT2D eigenvalue weighted by Gasteiger charge is -2.61. The molecular weight excluding hydrogens is 424 g/mol. The van der Waals surface area contributed by atoms with Crippen molar-refractivity contribution in [1.29, 1.82) is 0 Å². The summed E-state index contributed by atoms with van der Waals surface area (Å²) in [4.78, 5) is 12.9. The Morgan fingerprint density at radius 1 is 1.09 bits per heavy atom. The number of carbonyl (C=O) groups is 1. The van der Waals surface area contributed by atoms with E-state index in [9.17, 15) is 9.90 Å². The van der Waals surface area contributed by atoms with Crippen LogP contribution in [-0.2, 0) is 14.3 Å². The molecule has 5 rings (SSSR count). The summed E-state index contributed by atoms with van der Waals surface area (Å²) >= 11 is 0. The standard InChI is InChI=1S/C30H46O4/c1-18(2)9-8-10-19(3)15-20-16-30(17-33-30)26-24(34-20)23(32)25-28(6)14-12-22(31)27(4,5)21(28)11-13-29(25,26)7/h9,15,20-21,23-26,32H,8,10-14,16-17H2,1-7H3/b19-15+/t20-,21+,23-,24-,25+,26-,28+,29+,30-/m1/s1. The van der Waals surface area contributed by atoms with Gasteiger partial charge in [0, 0.05) is 24.2 Å². The number of fused-ring (bicyclic) bond motifs is 6. The SMILES string of the molecule is CC(C)=CCC/C(C)=C/[C@@H]1C[C@@]2(CO2)[C@@H]2[C@H](O1)[C@@H](O)[C@@H]1[C@]2(C)CC[C@H]2C(C)(C)C(=O)CC[C@]12C. The Morgan fingerprint density at radius 3 is 2.44 bits per heavy atom. The normalized spacial score (nSPS) is 49.3. The van der Waals surface area contributed by atoms with Crippen LogP contribution in [-0.4, -0.2) is 41.4 Å². The Hall–Kier alpha value is -0.970. The monoisotopic (exact) mass is 470 g/mol. The first-order valence-electron chi connectivity index (χ1n) is 13.7. The van der Waals surface area contributed by atoms with Crippen molar-refractivity contribution in [2.45, 2.75) is 117 Å². The number of epoxide rings is 1. The molecule has 190 valence electrons. The molecular formula is C30H46O4. The molecule has 3 aliphatic carbocycles. The summed E-state index contributed by atoms with van der Waals surface area (Å²) in [6.07, 6.45) is 10.5. The molecule has 2 heterocycles. The van der Waals surface area contributed by atoms with Crippen LogP contribution >= 0.6 is 0 Å². The fourth-order valence-corrected chi connectivity index (χ4v) is 9.47. The second-order valence-corrected chi connectivity index (χ2v) is 13.7. The number of carbonyl (C=O) groups excluding carboxylic acids is 1. The van der Waals surface area contributed by atoms with E-state index in [-0.39, 0.29) is 45.9 Å². The second kappa shape index (κ2) is 8.02. The minimum absolute atomic E-state index is 0.00170. The first-order chi connectivity index (χ1) is 15.8. The van der Waals surface area contributed by atoms with E-state index in [1.165, 1.54) is 11.1 Å². The third-order valence-corrected chi connectivity index (χ3v) is 10.9. The van der Waals surface area contributed by atoms with Gasteiger partial charge in [0.25, 0.3) is 0 Å².